The van der Waals surface area contributed by atoms with Crippen molar-refractivity contribution >= 4 is 11.8 Å². The molecule has 3 rings (SSSR count). The summed E-state index contributed by atoms with van der Waals surface area (Å²) in [6.45, 7) is 4.53. The van der Waals surface area contributed by atoms with E-state index in [-0.39, 0.29) is 12.2 Å². The Hall–Kier alpha value is -1.50. The van der Waals surface area contributed by atoms with Gasteiger partial charge in [0, 0.05) is 24.7 Å². The highest BCUT2D eigenvalue weighted by Gasteiger charge is 2.65. The average molecular weight is 308 g/mol. The lowest BCUT2D eigenvalue weighted by atomic mass is 9.69. The van der Waals surface area contributed by atoms with E-state index in [2.05, 4.69) is 0 Å². The first-order valence-electron chi connectivity index (χ1n) is 7.27. The van der Waals surface area contributed by atoms with Gasteiger partial charge in [-0.3, -0.25) is 4.79 Å². The molecule has 1 aliphatic heterocycles. The SMILES string of the molecule is COC1CC2(O)C(=CC3=C(C)C(=O)OC3C2C(C)=O)C1(C)O. The zero-order chi connectivity index (χ0) is 16.4. The zero-order valence-electron chi connectivity index (χ0n) is 13.0. The lowest BCUT2D eigenvalue weighted by Crippen LogP contribution is -2.52. The van der Waals surface area contributed by atoms with Gasteiger partial charge in [-0.05, 0) is 32.4 Å². The topological polar surface area (TPSA) is 93.1 Å². The number of fused-ring (bicyclic) bond motifs is 2. The Morgan fingerprint density at radius 3 is 2.64 bits per heavy atom. The monoisotopic (exact) mass is 308 g/mol. The molecule has 1 heterocycles. The number of methoxy groups -OCH3 is 1. The molecule has 5 atom stereocenters. The molecule has 22 heavy (non-hydrogen) atoms. The van der Waals surface area contributed by atoms with Crippen molar-refractivity contribution in [3.63, 3.8) is 0 Å². The highest BCUT2D eigenvalue weighted by Crippen LogP contribution is 2.54. The van der Waals surface area contributed by atoms with Crippen LogP contribution in [0.2, 0.25) is 0 Å². The summed E-state index contributed by atoms with van der Waals surface area (Å²) < 4.78 is 10.6. The molecule has 5 unspecified atom stereocenters. The molecule has 2 aliphatic carbocycles. The zero-order valence-corrected chi connectivity index (χ0v) is 13.0. The van der Waals surface area contributed by atoms with Gasteiger partial charge in [-0.15, -0.1) is 0 Å². The second kappa shape index (κ2) is 4.50. The molecule has 0 saturated heterocycles. The first kappa shape index (κ1) is 15.4. The third kappa shape index (κ3) is 1.71. The molecule has 0 aromatic carbocycles. The van der Waals surface area contributed by atoms with Crippen LogP contribution in [0.5, 0.6) is 0 Å². The summed E-state index contributed by atoms with van der Waals surface area (Å²) in [4.78, 5) is 24.0. The van der Waals surface area contributed by atoms with Crippen molar-refractivity contribution in [3.05, 3.63) is 22.8 Å². The Bertz CT molecular complexity index is 629. The molecule has 0 radical (unpaired) electrons. The molecule has 3 aliphatic rings. The van der Waals surface area contributed by atoms with E-state index < -0.39 is 35.3 Å². The predicted molar refractivity (Wildman–Crippen MR) is 75.8 cm³/mol. The van der Waals surface area contributed by atoms with Crippen molar-refractivity contribution < 1.29 is 29.3 Å². The third-order valence-electron chi connectivity index (χ3n) is 5.25. The van der Waals surface area contributed by atoms with Crippen LogP contribution in [0.4, 0.5) is 0 Å². The summed E-state index contributed by atoms with van der Waals surface area (Å²) in [6, 6.07) is 0. The second-order valence-electron chi connectivity index (χ2n) is 6.55. The van der Waals surface area contributed by atoms with E-state index >= 15 is 0 Å². The summed E-state index contributed by atoms with van der Waals surface area (Å²) in [5.74, 6) is -1.71. The third-order valence-corrected chi connectivity index (χ3v) is 5.25. The van der Waals surface area contributed by atoms with Crippen LogP contribution in [-0.2, 0) is 19.1 Å². The minimum Gasteiger partial charge on any atom is -0.453 e. The van der Waals surface area contributed by atoms with Crippen molar-refractivity contribution in [3.8, 4) is 0 Å². The van der Waals surface area contributed by atoms with E-state index in [1.807, 2.05) is 0 Å². The average Bonchev–Trinajstić information content (AvgIpc) is 2.79. The number of ketones is 1. The fraction of sp³-hybridized carbons (Fsp3) is 0.625. The van der Waals surface area contributed by atoms with Gasteiger partial charge in [0.15, 0.2) is 0 Å². The molecule has 120 valence electrons. The van der Waals surface area contributed by atoms with E-state index in [0.29, 0.717) is 16.7 Å². The van der Waals surface area contributed by atoms with Gasteiger partial charge < -0.3 is 19.7 Å². The van der Waals surface area contributed by atoms with Crippen LogP contribution in [0.25, 0.3) is 0 Å². The van der Waals surface area contributed by atoms with Crippen LogP contribution in [0.1, 0.15) is 27.2 Å². The van der Waals surface area contributed by atoms with E-state index in [9.17, 15) is 19.8 Å². The van der Waals surface area contributed by atoms with Crippen LogP contribution in [0.3, 0.4) is 0 Å². The number of hydrogen-bond acceptors (Lipinski definition) is 6. The van der Waals surface area contributed by atoms with Crippen molar-refractivity contribution in [2.45, 2.75) is 50.6 Å². The number of esters is 1. The predicted octanol–water partition coefficient (Wildman–Crippen LogP) is 0.274. The maximum Gasteiger partial charge on any atom is 0.334 e. The maximum atomic E-state index is 12.2. The van der Waals surface area contributed by atoms with E-state index in [4.69, 9.17) is 9.47 Å². The molecule has 1 saturated carbocycles. The molecule has 0 aromatic heterocycles. The highest BCUT2D eigenvalue weighted by atomic mass is 16.6. The van der Waals surface area contributed by atoms with E-state index in [0.717, 1.165) is 0 Å². The molecule has 0 aromatic rings. The Labute approximate surface area is 128 Å². The molecular formula is C16H20O6. The summed E-state index contributed by atoms with van der Waals surface area (Å²) >= 11 is 0. The largest absolute Gasteiger partial charge is 0.453 e. The van der Waals surface area contributed by atoms with Crippen LogP contribution in [0.15, 0.2) is 22.8 Å². The molecule has 0 spiro atoms. The summed E-state index contributed by atoms with van der Waals surface area (Å²) in [5, 5.41) is 21.9. The molecule has 1 fully saturated rings. The van der Waals surface area contributed by atoms with Gasteiger partial charge in [0.25, 0.3) is 0 Å². The fourth-order valence-corrected chi connectivity index (χ4v) is 4.07. The summed E-state index contributed by atoms with van der Waals surface area (Å²) in [6.07, 6.45) is 0.238. The first-order chi connectivity index (χ1) is 10.1. The number of aliphatic hydroxyl groups is 2. The van der Waals surface area contributed by atoms with Gasteiger partial charge in [0.2, 0.25) is 0 Å². The molecule has 6 nitrogen and oxygen atoms in total. The number of carbonyl (C=O) groups is 2. The standard InChI is InChI=1S/C16H20O6/c1-7-9-5-10-15(3,19)11(21-4)6-16(10,20)12(8(2)17)13(9)22-14(7)18/h5,11-13,19-20H,6H2,1-4H3. The van der Waals surface area contributed by atoms with Crippen LogP contribution < -0.4 is 0 Å². The van der Waals surface area contributed by atoms with Gasteiger partial charge in [-0.1, -0.05) is 0 Å². The first-order valence-corrected chi connectivity index (χ1v) is 7.27. The van der Waals surface area contributed by atoms with Gasteiger partial charge in [0.05, 0.1) is 12.0 Å². The molecule has 0 amide bonds. The van der Waals surface area contributed by atoms with Gasteiger partial charge in [0.1, 0.15) is 23.1 Å². The van der Waals surface area contributed by atoms with Crippen LogP contribution in [0, 0.1) is 5.92 Å². The molecule has 6 heteroatoms. The molecular weight excluding hydrogens is 288 g/mol. The summed E-state index contributed by atoms with van der Waals surface area (Å²) in [7, 11) is 1.45. The normalized spacial score (nSPS) is 43.6. The minimum atomic E-state index is -1.57. The minimum absolute atomic E-state index is 0.0763. The molecule has 0 bridgehead atoms. The van der Waals surface area contributed by atoms with Gasteiger partial charge in [-0.25, -0.2) is 4.79 Å². The van der Waals surface area contributed by atoms with Crippen molar-refractivity contribution in [2.75, 3.05) is 7.11 Å². The maximum absolute atomic E-state index is 12.2. The van der Waals surface area contributed by atoms with E-state index in [1.54, 1.807) is 19.9 Å². The fourth-order valence-electron chi connectivity index (χ4n) is 4.07. The van der Waals surface area contributed by atoms with Crippen molar-refractivity contribution in [1.29, 1.82) is 0 Å². The number of rotatable bonds is 2. The Morgan fingerprint density at radius 1 is 1.45 bits per heavy atom. The van der Waals surface area contributed by atoms with E-state index in [1.165, 1.54) is 14.0 Å². The quantitative estimate of drug-likeness (QED) is 0.712. The highest BCUT2D eigenvalue weighted by molar-refractivity contribution is 5.95. The van der Waals surface area contributed by atoms with Gasteiger partial charge in [-0.2, -0.15) is 0 Å². The Kier molecular flexibility index (Phi) is 3.15. The number of Topliss-reactive ketones (excluding diaryl/α,β-unsaturated/α-hetero) is 1. The van der Waals surface area contributed by atoms with Crippen LogP contribution in [-0.4, -0.2) is 52.5 Å². The lowest BCUT2D eigenvalue weighted by Gasteiger charge is -2.41. The number of hydrogen-bond donors (Lipinski definition) is 2. The van der Waals surface area contributed by atoms with Crippen LogP contribution >= 0.6 is 0 Å². The molecule has 2 N–H and O–H groups in total. The second-order valence-corrected chi connectivity index (χ2v) is 6.55. The Balaban J connectivity index is 2.24. The number of carbonyl (C=O) groups excluding carboxylic acids is 2. The smallest absolute Gasteiger partial charge is 0.334 e. The summed E-state index contributed by atoms with van der Waals surface area (Å²) in [5.41, 5.74) is -1.71. The van der Waals surface area contributed by atoms with Crippen molar-refractivity contribution in [2.24, 2.45) is 5.92 Å². The number of ether oxygens (including phenoxy) is 2. The van der Waals surface area contributed by atoms with Gasteiger partial charge >= 0.3 is 5.97 Å². The Morgan fingerprint density at radius 2 is 2.09 bits per heavy atom. The lowest BCUT2D eigenvalue weighted by molar-refractivity contribution is -0.150. The van der Waals surface area contributed by atoms with Crippen molar-refractivity contribution in [1.82, 2.24) is 0 Å².